The van der Waals surface area contributed by atoms with Crippen LogP contribution in [0.3, 0.4) is 0 Å². The molecule has 0 aliphatic carbocycles. The Kier molecular flexibility index (Phi) is 10.0. The van der Waals surface area contributed by atoms with Crippen LogP contribution in [0.1, 0.15) is 23.7 Å². The van der Waals surface area contributed by atoms with E-state index in [9.17, 15) is 19.5 Å². The third kappa shape index (κ3) is 8.40. The molecular weight excluding hydrogens is 524 g/mol. The number of pyridine rings is 1. The fourth-order valence-electron chi connectivity index (χ4n) is 4.28. The SMILES string of the molecule is CCN(C(=O)CN(Cc1ccc(OCc2ccccc2)cc1)C(=O)C(Cc1cnc[nH]1)NC(=O)O)c1ccccn1. The lowest BCUT2D eigenvalue weighted by molar-refractivity contribution is -0.137. The molecular formula is C30H32N6O5. The van der Waals surface area contributed by atoms with Gasteiger partial charge in [0, 0.05) is 37.6 Å². The highest BCUT2D eigenvalue weighted by Gasteiger charge is 2.30. The van der Waals surface area contributed by atoms with Crippen LogP contribution in [0.5, 0.6) is 5.75 Å². The molecule has 4 rings (SSSR count). The summed E-state index contributed by atoms with van der Waals surface area (Å²) in [5.74, 6) is 0.225. The molecule has 0 radical (unpaired) electrons. The molecule has 1 atom stereocenters. The lowest BCUT2D eigenvalue weighted by Gasteiger charge is -2.29. The molecule has 41 heavy (non-hydrogen) atoms. The van der Waals surface area contributed by atoms with Gasteiger partial charge in [-0.3, -0.25) is 14.5 Å². The summed E-state index contributed by atoms with van der Waals surface area (Å²) in [5, 5.41) is 11.7. The van der Waals surface area contributed by atoms with Crippen molar-refractivity contribution in [3.63, 3.8) is 0 Å². The summed E-state index contributed by atoms with van der Waals surface area (Å²) in [6.07, 6.45) is 3.25. The molecule has 2 aromatic carbocycles. The van der Waals surface area contributed by atoms with E-state index in [0.29, 0.717) is 30.4 Å². The maximum atomic E-state index is 13.8. The van der Waals surface area contributed by atoms with E-state index in [2.05, 4.69) is 20.3 Å². The third-order valence-corrected chi connectivity index (χ3v) is 6.30. The molecule has 0 saturated heterocycles. The van der Waals surface area contributed by atoms with E-state index < -0.39 is 18.0 Å². The van der Waals surface area contributed by atoms with Gasteiger partial charge in [0.05, 0.1) is 6.33 Å². The van der Waals surface area contributed by atoms with E-state index in [-0.39, 0.29) is 25.4 Å². The van der Waals surface area contributed by atoms with Gasteiger partial charge in [-0.25, -0.2) is 14.8 Å². The smallest absolute Gasteiger partial charge is 0.405 e. The number of carbonyl (C=O) groups is 3. The average Bonchev–Trinajstić information content (AvgIpc) is 3.50. The summed E-state index contributed by atoms with van der Waals surface area (Å²) in [7, 11) is 0. The molecule has 3 N–H and O–H groups in total. The normalized spacial score (nSPS) is 11.3. The first-order valence-electron chi connectivity index (χ1n) is 13.2. The molecule has 0 aliphatic rings. The number of aromatic amines is 1. The van der Waals surface area contributed by atoms with Crippen LogP contribution >= 0.6 is 0 Å². The van der Waals surface area contributed by atoms with Crippen LogP contribution in [0.15, 0.2) is 91.5 Å². The largest absolute Gasteiger partial charge is 0.489 e. The first-order valence-corrected chi connectivity index (χ1v) is 13.2. The Labute approximate surface area is 237 Å². The van der Waals surface area contributed by atoms with Crippen molar-refractivity contribution < 1.29 is 24.2 Å². The zero-order valence-electron chi connectivity index (χ0n) is 22.6. The number of carbonyl (C=O) groups excluding carboxylic acids is 2. The van der Waals surface area contributed by atoms with Gasteiger partial charge in [0.25, 0.3) is 0 Å². The Bertz CT molecular complexity index is 1400. The lowest BCUT2D eigenvalue weighted by atomic mass is 10.1. The minimum Gasteiger partial charge on any atom is -0.489 e. The highest BCUT2D eigenvalue weighted by molar-refractivity contribution is 5.97. The van der Waals surface area contributed by atoms with Crippen molar-refractivity contribution in [2.75, 3.05) is 18.0 Å². The van der Waals surface area contributed by atoms with Crippen molar-refractivity contribution in [2.45, 2.75) is 32.5 Å². The Morgan fingerprint density at radius 2 is 1.76 bits per heavy atom. The van der Waals surface area contributed by atoms with Crippen LogP contribution < -0.4 is 15.0 Å². The third-order valence-electron chi connectivity index (χ3n) is 6.30. The monoisotopic (exact) mass is 556 g/mol. The van der Waals surface area contributed by atoms with Crippen molar-refractivity contribution in [1.82, 2.24) is 25.2 Å². The number of aromatic nitrogens is 3. The van der Waals surface area contributed by atoms with E-state index in [1.807, 2.05) is 49.4 Å². The van der Waals surface area contributed by atoms with E-state index in [1.54, 1.807) is 36.5 Å². The van der Waals surface area contributed by atoms with Gasteiger partial charge in [0.15, 0.2) is 0 Å². The maximum absolute atomic E-state index is 13.8. The Balaban J connectivity index is 1.54. The van der Waals surface area contributed by atoms with Gasteiger partial charge < -0.3 is 25.0 Å². The summed E-state index contributed by atoms with van der Waals surface area (Å²) in [4.78, 5) is 52.7. The number of likely N-dealkylation sites (N-methyl/N-ethyl adjacent to an activating group) is 1. The first kappa shape index (κ1) is 28.8. The standard InChI is InChI=1S/C30H32N6O5/c1-2-36(27-10-6-7-15-32-27)28(37)19-35(29(38)26(34-30(39)40)16-24-17-31-21-33-24)18-22-11-13-25(14-12-22)41-20-23-8-4-3-5-9-23/h3-15,17,21,26,34H,2,16,18-20H2,1H3,(H,31,33)(H,39,40). The quantitative estimate of drug-likeness (QED) is 0.228. The number of carboxylic acid groups (broad SMARTS) is 1. The number of amides is 3. The second kappa shape index (κ2) is 14.3. The number of ether oxygens (including phenoxy) is 1. The predicted octanol–water partition coefficient (Wildman–Crippen LogP) is 3.64. The second-order valence-corrected chi connectivity index (χ2v) is 9.22. The van der Waals surface area contributed by atoms with E-state index in [0.717, 1.165) is 11.1 Å². The number of nitrogens with zero attached hydrogens (tertiary/aromatic N) is 4. The molecule has 1 unspecified atom stereocenters. The number of rotatable bonds is 13. The van der Waals surface area contributed by atoms with Gasteiger partial charge in [0.2, 0.25) is 11.8 Å². The average molecular weight is 557 g/mol. The zero-order chi connectivity index (χ0) is 29.0. The molecule has 0 fully saturated rings. The number of anilines is 1. The van der Waals surface area contributed by atoms with Crippen LogP contribution in [0.2, 0.25) is 0 Å². The first-order chi connectivity index (χ1) is 19.9. The van der Waals surface area contributed by atoms with E-state index in [4.69, 9.17) is 4.74 Å². The summed E-state index contributed by atoms with van der Waals surface area (Å²) < 4.78 is 5.87. The number of H-pyrrole nitrogens is 1. The fraction of sp³-hybridized carbons (Fsp3) is 0.233. The fourth-order valence-corrected chi connectivity index (χ4v) is 4.28. The number of benzene rings is 2. The number of hydrogen-bond acceptors (Lipinski definition) is 6. The molecule has 0 bridgehead atoms. The molecule has 0 saturated carbocycles. The highest BCUT2D eigenvalue weighted by atomic mass is 16.5. The van der Waals surface area contributed by atoms with Crippen molar-refractivity contribution in [1.29, 1.82) is 0 Å². The van der Waals surface area contributed by atoms with Crippen LogP contribution in [-0.4, -0.2) is 62.0 Å². The van der Waals surface area contributed by atoms with Crippen LogP contribution in [0, 0.1) is 0 Å². The van der Waals surface area contributed by atoms with E-state index in [1.165, 1.54) is 22.3 Å². The zero-order valence-corrected chi connectivity index (χ0v) is 22.6. The molecule has 0 aliphatic heterocycles. The number of hydrogen-bond donors (Lipinski definition) is 3. The lowest BCUT2D eigenvalue weighted by Crippen LogP contribution is -2.52. The van der Waals surface area contributed by atoms with Crippen molar-refractivity contribution in [2.24, 2.45) is 0 Å². The van der Waals surface area contributed by atoms with Gasteiger partial charge >= 0.3 is 6.09 Å². The minimum absolute atomic E-state index is 0.0415. The van der Waals surface area contributed by atoms with Gasteiger partial charge in [-0.15, -0.1) is 0 Å². The van der Waals surface area contributed by atoms with Gasteiger partial charge in [0.1, 0.15) is 30.8 Å². The predicted molar refractivity (Wildman–Crippen MR) is 152 cm³/mol. The molecule has 0 spiro atoms. The Morgan fingerprint density at radius 1 is 1.00 bits per heavy atom. The topological polar surface area (TPSA) is 141 Å². The molecule has 4 aromatic rings. The highest BCUT2D eigenvalue weighted by Crippen LogP contribution is 2.18. The number of nitrogens with one attached hydrogen (secondary N) is 2. The van der Waals surface area contributed by atoms with Gasteiger partial charge in [-0.1, -0.05) is 48.5 Å². The summed E-state index contributed by atoms with van der Waals surface area (Å²) >= 11 is 0. The summed E-state index contributed by atoms with van der Waals surface area (Å²) in [6.45, 7) is 2.37. The Morgan fingerprint density at radius 3 is 2.39 bits per heavy atom. The van der Waals surface area contributed by atoms with Crippen LogP contribution in [-0.2, 0) is 29.2 Å². The van der Waals surface area contributed by atoms with Crippen molar-refractivity contribution in [3.8, 4) is 5.75 Å². The summed E-state index contributed by atoms with van der Waals surface area (Å²) in [6, 6.07) is 21.1. The maximum Gasteiger partial charge on any atom is 0.405 e. The van der Waals surface area contributed by atoms with Gasteiger partial charge in [-0.05, 0) is 42.3 Å². The van der Waals surface area contributed by atoms with Crippen LogP contribution in [0.4, 0.5) is 10.6 Å². The van der Waals surface area contributed by atoms with E-state index >= 15 is 0 Å². The molecule has 2 heterocycles. The van der Waals surface area contributed by atoms with Crippen molar-refractivity contribution >= 4 is 23.7 Å². The number of imidazole rings is 1. The molecule has 11 nitrogen and oxygen atoms in total. The second-order valence-electron chi connectivity index (χ2n) is 9.22. The summed E-state index contributed by atoms with van der Waals surface area (Å²) in [5.41, 5.74) is 2.36. The molecule has 212 valence electrons. The molecule has 2 aromatic heterocycles. The molecule has 3 amide bonds. The van der Waals surface area contributed by atoms with Crippen LogP contribution in [0.25, 0.3) is 0 Å². The van der Waals surface area contributed by atoms with Gasteiger partial charge in [-0.2, -0.15) is 0 Å². The Hall–Kier alpha value is -5.19. The molecule has 11 heteroatoms. The minimum atomic E-state index is -1.35. The van der Waals surface area contributed by atoms with Crippen molar-refractivity contribution in [3.05, 3.63) is 108 Å².